The number of aliphatic carboxylic acids is 1. The fourth-order valence-electron chi connectivity index (χ4n) is 2.80. The number of amides is 1. The zero-order chi connectivity index (χ0) is 20.9. The summed E-state index contributed by atoms with van der Waals surface area (Å²) in [6, 6.07) is 11.0. The van der Waals surface area contributed by atoms with Gasteiger partial charge in [0.1, 0.15) is 11.4 Å². The first-order valence-corrected chi connectivity index (χ1v) is 9.18. The third-order valence-electron chi connectivity index (χ3n) is 3.87. The molecule has 0 aliphatic carbocycles. The van der Waals surface area contributed by atoms with Crippen LogP contribution in [0, 0.1) is 5.82 Å². The molecule has 1 amide bonds. The van der Waals surface area contributed by atoms with Crippen LogP contribution in [-0.4, -0.2) is 28.8 Å². The van der Waals surface area contributed by atoms with E-state index in [1.807, 2.05) is 0 Å². The lowest BCUT2D eigenvalue weighted by atomic mass is 9.94. The number of halogens is 2. The van der Waals surface area contributed by atoms with E-state index >= 15 is 0 Å². The average molecular weight is 408 g/mol. The van der Waals surface area contributed by atoms with Gasteiger partial charge in [-0.2, -0.15) is 0 Å². The molecule has 1 atom stereocenters. The van der Waals surface area contributed by atoms with Gasteiger partial charge in [-0.05, 0) is 44.4 Å². The summed E-state index contributed by atoms with van der Waals surface area (Å²) in [5.74, 6) is -1.61. The van der Waals surface area contributed by atoms with Gasteiger partial charge in [0.05, 0.1) is 11.4 Å². The van der Waals surface area contributed by atoms with Gasteiger partial charge < -0.3 is 15.2 Å². The van der Waals surface area contributed by atoms with Crippen molar-refractivity contribution >= 4 is 23.7 Å². The van der Waals surface area contributed by atoms with Gasteiger partial charge in [-0.1, -0.05) is 48.0 Å². The molecule has 0 spiro atoms. The second-order valence-corrected chi connectivity index (χ2v) is 7.81. The van der Waals surface area contributed by atoms with E-state index in [1.54, 1.807) is 57.2 Å². The fourth-order valence-corrected chi connectivity index (χ4v) is 2.97. The number of carboxylic acid groups (broad SMARTS) is 1. The van der Waals surface area contributed by atoms with E-state index in [-0.39, 0.29) is 17.9 Å². The molecule has 28 heavy (non-hydrogen) atoms. The second-order valence-electron chi connectivity index (χ2n) is 7.40. The summed E-state index contributed by atoms with van der Waals surface area (Å²) in [7, 11) is 0. The minimum absolute atomic E-state index is 0.00118. The summed E-state index contributed by atoms with van der Waals surface area (Å²) in [5.41, 5.74) is 0.879. The number of carboxylic acids is 1. The molecular weight excluding hydrogens is 385 g/mol. The molecule has 2 aromatic carbocycles. The van der Waals surface area contributed by atoms with Crippen molar-refractivity contribution in [3.8, 4) is 11.1 Å². The molecule has 0 aliphatic heterocycles. The maximum Gasteiger partial charge on any atom is 0.407 e. The summed E-state index contributed by atoms with van der Waals surface area (Å²) in [4.78, 5) is 23.3. The van der Waals surface area contributed by atoms with E-state index in [9.17, 15) is 19.1 Å². The number of carbonyl (C=O) groups excluding carboxylic acids is 1. The van der Waals surface area contributed by atoms with Crippen molar-refractivity contribution in [3.05, 3.63) is 58.9 Å². The fraction of sp³-hybridized carbons (Fsp3) is 0.333. The van der Waals surface area contributed by atoms with Crippen LogP contribution in [0.2, 0.25) is 5.02 Å². The largest absolute Gasteiger partial charge is 0.481 e. The lowest BCUT2D eigenvalue weighted by Gasteiger charge is -2.23. The zero-order valence-electron chi connectivity index (χ0n) is 16.0. The first-order valence-electron chi connectivity index (χ1n) is 8.80. The smallest absolute Gasteiger partial charge is 0.407 e. The summed E-state index contributed by atoms with van der Waals surface area (Å²) >= 11 is 5.89. The molecule has 0 radical (unpaired) electrons. The highest BCUT2D eigenvalue weighted by Crippen LogP contribution is 2.30. The van der Waals surface area contributed by atoms with Gasteiger partial charge in [0.2, 0.25) is 0 Å². The summed E-state index contributed by atoms with van der Waals surface area (Å²) in [6.07, 6.45) is -0.815. The Kier molecular flexibility index (Phi) is 7.02. The first kappa shape index (κ1) is 21.7. The molecule has 1 unspecified atom stereocenters. The number of hydrogen-bond donors (Lipinski definition) is 2. The third-order valence-corrected chi connectivity index (χ3v) is 4.16. The van der Waals surface area contributed by atoms with Crippen LogP contribution in [0.25, 0.3) is 11.1 Å². The second kappa shape index (κ2) is 9.06. The molecule has 150 valence electrons. The van der Waals surface area contributed by atoms with E-state index in [1.165, 1.54) is 6.07 Å². The average Bonchev–Trinajstić information content (AvgIpc) is 2.55. The van der Waals surface area contributed by atoms with Crippen LogP contribution in [-0.2, 0) is 16.0 Å². The predicted molar refractivity (Wildman–Crippen MR) is 106 cm³/mol. The van der Waals surface area contributed by atoms with Crippen LogP contribution < -0.4 is 5.32 Å². The van der Waals surface area contributed by atoms with Crippen LogP contribution in [0.5, 0.6) is 0 Å². The first-order chi connectivity index (χ1) is 13.1. The number of benzene rings is 2. The molecule has 2 aromatic rings. The van der Waals surface area contributed by atoms with Crippen LogP contribution in [0.15, 0.2) is 42.5 Å². The highest BCUT2D eigenvalue weighted by molar-refractivity contribution is 6.31. The van der Waals surface area contributed by atoms with E-state index < -0.39 is 29.5 Å². The lowest BCUT2D eigenvalue weighted by molar-refractivity contribution is -0.137. The van der Waals surface area contributed by atoms with Gasteiger partial charge in [0, 0.05) is 11.6 Å². The minimum atomic E-state index is -1.06. The highest BCUT2D eigenvalue weighted by atomic mass is 35.5. The van der Waals surface area contributed by atoms with Gasteiger partial charge in [-0.3, -0.25) is 4.79 Å². The Morgan fingerprint density at radius 1 is 1.14 bits per heavy atom. The van der Waals surface area contributed by atoms with Crippen LogP contribution in [0.3, 0.4) is 0 Å². The van der Waals surface area contributed by atoms with Crippen molar-refractivity contribution in [2.24, 2.45) is 0 Å². The quantitative estimate of drug-likeness (QED) is 0.702. The van der Waals surface area contributed by atoms with Crippen molar-refractivity contribution in [1.29, 1.82) is 0 Å². The number of rotatable bonds is 6. The Morgan fingerprint density at radius 2 is 1.79 bits per heavy atom. The number of alkyl carbamates (subject to hydrolysis) is 1. The van der Waals surface area contributed by atoms with E-state index in [4.69, 9.17) is 16.3 Å². The molecule has 0 fully saturated rings. The summed E-state index contributed by atoms with van der Waals surface area (Å²) in [5, 5.41) is 11.8. The van der Waals surface area contributed by atoms with Crippen LogP contribution in [0.1, 0.15) is 32.8 Å². The number of ether oxygens (including phenoxy) is 1. The van der Waals surface area contributed by atoms with Crippen molar-refractivity contribution in [1.82, 2.24) is 5.32 Å². The minimum Gasteiger partial charge on any atom is -0.481 e. The van der Waals surface area contributed by atoms with Crippen LogP contribution in [0.4, 0.5) is 9.18 Å². The standard InChI is InChI=1S/C21H23ClFNO4/c1-21(2,3)28-20(27)24-14(12-18(25)26)11-13-7-4-5-8-15(13)16-9-6-10-17(22)19(16)23/h4-10,14H,11-12H2,1-3H3,(H,24,27)(H,25,26). The maximum atomic E-state index is 14.5. The number of nitrogens with one attached hydrogen (secondary N) is 1. The molecule has 0 saturated carbocycles. The normalized spacial score (nSPS) is 12.3. The van der Waals surface area contributed by atoms with E-state index in [0.717, 1.165) is 0 Å². The van der Waals surface area contributed by atoms with Gasteiger partial charge in [-0.15, -0.1) is 0 Å². The van der Waals surface area contributed by atoms with E-state index in [0.29, 0.717) is 16.7 Å². The third kappa shape index (κ3) is 6.23. The molecule has 0 saturated heterocycles. The Labute approximate surface area is 168 Å². The molecule has 0 heterocycles. The zero-order valence-corrected chi connectivity index (χ0v) is 16.7. The summed E-state index contributed by atoms with van der Waals surface area (Å²) in [6.45, 7) is 5.15. The maximum absolute atomic E-state index is 14.5. The molecular formula is C21H23ClFNO4. The molecule has 2 rings (SSSR count). The van der Waals surface area contributed by atoms with Gasteiger partial charge in [-0.25, -0.2) is 9.18 Å². The topological polar surface area (TPSA) is 75.6 Å². The monoisotopic (exact) mass is 407 g/mol. The lowest BCUT2D eigenvalue weighted by Crippen LogP contribution is -2.41. The molecule has 0 aliphatic rings. The Hall–Kier alpha value is -2.60. The van der Waals surface area contributed by atoms with Gasteiger partial charge >= 0.3 is 12.1 Å². The molecule has 5 nitrogen and oxygen atoms in total. The molecule has 7 heteroatoms. The number of hydrogen-bond acceptors (Lipinski definition) is 3. The van der Waals surface area contributed by atoms with E-state index in [2.05, 4.69) is 5.32 Å². The number of carbonyl (C=O) groups is 2. The highest BCUT2D eigenvalue weighted by Gasteiger charge is 2.23. The van der Waals surface area contributed by atoms with Crippen molar-refractivity contribution in [3.63, 3.8) is 0 Å². The predicted octanol–water partition coefficient (Wildman–Crippen LogP) is 5.06. The molecule has 2 N–H and O–H groups in total. The Balaban J connectivity index is 2.31. The Bertz CT molecular complexity index is 864. The summed E-state index contributed by atoms with van der Waals surface area (Å²) < 4.78 is 19.7. The molecule has 0 bridgehead atoms. The van der Waals surface area contributed by atoms with Crippen molar-refractivity contribution < 1.29 is 23.8 Å². The molecule has 0 aromatic heterocycles. The van der Waals surface area contributed by atoms with Crippen molar-refractivity contribution in [2.75, 3.05) is 0 Å². The Morgan fingerprint density at radius 3 is 2.43 bits per heavy atom. The van der Waals surface area contributed by atoms with Crippen molar-refractivity contribution in [2.45, 2.75) is 45.3 Å². The SMILES string of the molecule is CC(C)(C)OC(=O)NC(CC(=O)O)Cc1ccccc1-c1cccc(Cl)c1F. The van der Waals surface area contributed by atoms with Gasteiger partial charge in [0.25, 0.3) is 0 Å². The van der Waals surface area contributed by atoms with Gasteiger partial charge in [0.15, 0.2) is 0 Å². The van der Waals surface area contributed by atoms with Crippen LogP contribution >= 0.6 is 11.6 Å².